The summed E-state index contributed by atoms with van der Waals surface area (Å²) in [5.41, 5.74) is 0.314. The average molecular weight is 199 g/mol. The number of methoxy groups -OCH3 is 1. The summed E-state index contributed by atoms with van der Waals surface area (Å²) in [6, 6.07) is 0. The lowest BCUT2D eigenvalue weighted by molar-refractivity contribution is -0.115. The van der Waals surface area contributed by atoms with E-state index in [9.17, 15) is 9.59 Å². The molecule has 0 aliphatic rings. The van der Waals surface area contributed by atoms with E-state index in [1.165, 1.54) is 7.11 Å². The maximum atomic E-state index is 11.5. The first-order valence-electron chi connectivity index (χ1n) is 4.72. The van der Waals surface area contributed by atoms with Crippen molar-refractivity contribution < 1.29 is 14.3 Å². The number of amides is 1. The molecule has 0 rings (SSSR count). The Balaban J connectivity index is 4.66. The number of nitrogens with zero attached hydrogens (tertiary/aromatic N) is 1. The Bertz CT molecular complexity index is 244. The fourth-order valence-electron chi connectivity index (χ4n) is 0.960. The fraction of sp³-hybridized carbons (Fsp3) is 0.700. The van der Waals surface area contributed by atoms with Gasteiger partial charge in [-0.15, -0.1) is 0 Å². The number of aliphatic imine (C=N–C) groups is 1. The van der Waals surface area contributed by atoms with E-state index in [1.807, 2.05) is 6.92 Å². The van der Waals surface area contributed by atoms with Gasteiger partial charge < -0.3 is 4.74 Å². The summed E-state index contributed by atoms with van der Waals surface area (Å²) in [5, 5.41) is 0. The van der Waals surface area contributed by atoms with Gasteiger partial charge in [0.1, 0.15) is 0 Å². The SMILES string of the molecule is CCCC(=NC(=O)OC)C(=O)C(C)C. The number of hydrogen-bond donors (Lipinski definition) is 0. The van der Waals surface area contributed by atoms with Gasteiger partial charge in [0.15, 0.2) is 5.78 Å². The van der Waals surface area contributed by atoms with Crippen LogP contribution in [0.4, 0.5) is 4.79 Å². The van der Waals surface area contributed by atoms with E-state index in [2.05, 4.69) is 9.73 Å². The molecule has 0 saturated carbocycles. The molecule has 80 valence electrons. The van der Waals surface area contributed by atoms with E-state index >= 15 is 0 Å². The molecule has 14 heavy (non-hydrogen) atoms. The molecule has 0 unspecified atom stereocenters. The molecule has 0 aromatic carbocycles. The van der Waals surface area contributed by atoms with Gasteiger partial charge in [-0.2, -0.15) is 4.99 Å². The van der Waals surface area contributed by atoms with Crippen LogP contribution in [0, 0.1) is 5.92 Å². The molecule has 0 aliphatic carbocycles. The molecule has 0 aliphatic heterocycles. The first kappa shape index (κ1) is 12.8. The maximum Gasteiger partial charge on any atom is 0.433 e. The second-order valence-corrected chi connectivity index (χ2v) is 3.30. The zero-order valence-electron chi connectivity index (χ0n) is 9.16. The molecule has 4 nitrogen and oxygen atoms in total. The molecule has 0 fully saturated rings. The Labute approximate surface area is 84.4 Å². The lowest BCUT2D eigenvalue weighted by atomic mass is 10.0. The molecule has 4 heteroatoms. The molecule has 0 spiro atoms. The van der Waals surface area contributed by atoms with Crippen molar-refractivity contribution in [1.29, 1.82) is 0 Å². The molecule has 0 saturated heterocycles. The van der Waals surface area contributed by atoms with Crippen LogP contribution in [0.3, 0.4) is 0 Å². The highest BCUT2D eigenvalue weighted by Gasteiger charge is 2.16. The number of hydrogen-bond acceptors (Lipinski definition) is 3. The van der Waals surface area contributed by atoms with Crippen LogP contribution in [0.2, 0.25) is 0 Å². The van der Waals surface area contributed by atoms with Crippen molar-refractivity contribution in [2.75, 3.05) is 7.11 Å². The number of ketones is 1. The van der Waals surface area contributed by atoms with Crippen LogP contribution >= 0.6 is 0 Å². The lowest BCUT2D eigenvalue weighted by Gasteiger charge is -2.05. The van der Waals surface area contributed by atoms with Gasteiger partial charge in [0.2, 0.25) is 0 Å². The van der Waals surface area contributed by atoms with Crippen LogP contribution in [0.25, 0.3) is 0 Å². The minimum atomic E-state index is -0.706. The van der Waals surface area contributed by atoms with Crippen molar-refractivity contribution in [1.82, 2.24) is 0 Å². The highest BCUT2D eigenvalue weighted by atomic mass is 16.5. The third-order valence-electron chi connectivity index (χ3n) is 1.70. The Morgan fingerprint density at radius 1 is 1.36 bits per heavy atom. The topological polar surface area (TPSA) is 55.7 Å². The van der Waals surface area contributed by atoms with E-state index in [0.29, 0.717) is 12.1 Å². The molecule has 0 heterocycles. The molecular weight excluding hydrogens is 182 g/mol. The zero-order chi connectivity index (χ0) is 11.1. The first-order chi connectivity index (χ1) is 6.52. The second kappa shape index (κ2) is 6.29. The Hall–Kier alpha value is -1.19. The van der Waals surface area contributed by atoms with Gasteiger partial charge in [0, 0.05) is 5.92 Å². The van der Waals surface area contributed by atoms with Crippen molar-refractivity contribution >= 4 is 17.6 Å². The van der Waals surface area contributed by atoms with Crippen molar-refractivity contribution in [2.24, 2.45) is 10.9 Å². The fourth-order valence-corrected chi connectivity index (χ4v) is 0.960. The number of ether oxygens (including phenoxy) is 1. The van der Waals surface area contributed by atoms with Crippen molar-refractivity contribution in [3.8, 4) is 0 Å². The normalized spacial score (nSPS) is 11.6. The van der Waals surface area contributed by atoms with Crippen molar-refractivity contribution in [3.63, 3.8) is 0 Å². The monoisotopic (exact) mass is 199 g/mol. The molecule has 0 atom stereocenters. The van der Waals surface area contributed by atoms with Crippen LogP contribution < -0.4 is 0 Å². The summed E-state index contributed by atoms with van der Waals surface area (Å²) in [4.78, 5) is 26.0. The third-order valence-corrected chi connectivity index (χ3v) is 1.70. The summed E-state index contributed by atoms with van der Waals surface area (Å²) >= 11 is 0. The Morgan fingerprint density at radius 3 is 2.29 bits per heavy atom. The quantitative estimate of drug-likeness (QED) is 0.652. The summed E-state index contributed by atoms with van der Waals surface area (Å²) < 4.78 is 4.38. The predicted octanol–water partition coefficient (Wildman–Crippen LogP) is 2.22. The largest absolute Gasteiger partial charge is 0.451 e. The number of rotatable bonds is 4. The smallest absolute Gasteiger partial charge is 0.433 e. The van der Waals surface area contributed by atoms with Crippen LogP contribution in [0.1, 0.15) is 33.6 Å². The van der Waals surface area contributed by atoms with Gasteiger partial charge in [-0.1, -0.05) is 27.2 Å². The molecule has 0 aromatic heterocycles. The van der Waals surface area contributed by atoms with Crippen LogP contribution in [0.15, 0.2) is 4.99 Å². The maximum absolute atomic E-state index is 11.5. The van der Waals surface area contributed by atoms with E-state index in [-0.39, 0.29) is 11.7 Å². The van der Waals surface area contributed by atoms with Crippen molar-refractivity contribution in [3.05, 3.63) is 0 Å². The Morgan fingerprint density at radius 2 is 1.93 bits per heavy atom. The van der Waals surface area contributed by atoms with Gasteiger partial charge in [-0.3, -0.25) is 4.79 Å². The van der Waals surface area contributed by atoms with Gasteiger partial charge in [-0.05, 0) is 6.42 Å². The zero-order valence-corrected chi connectivity index (χ0v) is 9.16. The number of Topliss-reactive ketones (excluding diaryl/α,β-unsaturated/α-hetero) is 1. The lowest BCUT2D eigenvalue weighted by Crippen LogP contribution is -2.21. The van der Waals surface area contributed by atoms with E-state index in [1.54, 1.807) is 13.8 Å². The number of carbonyl (C=O) groups excluding carboxylic acids is 2. The van der Waals surface area contributed by atoms with E-state index in [0.717, 1.165) is 6.42 Å². The number of carbonyl (C=O) groups is 2. The molecule has 1 amide bonds. The predicted molar refractivity (Wildman–Crippen MR) is 54.6 cm³/mol. The van der Waals surface area contributed by atoms with E-state index in [4.69, 9.17) is 0 Å². The van der Waals surface area contributed by atoms with E-state index < -0.39 is 6.09 Å². The minimum Gasteiger partial charge on any atom is -0.451 e. The standard InChI is InChI=1S/C10H17NO3/c1-5-6-8(9(12)7(2)3)11-10(13)14-4/h7H,5-6H2,1-4H3. The molecule has 0 aromatic rings. The summed E-state index contributed by atoms with van der Waals surface area (Å²) in [5.74, 6) is -0.220. The molecule has 0 radical (unpaired) electrons. The highest BCUT2D eigenvalue weighted by Crippen LogP contribution is 2.03. The molecular formula is C10H17NO3. The van der Waals surface area contributed by atoms with Gasteiger partial charge in [-0.25, -0.2) is 4.79 Å². The molecule has 0 bridgehead atoms. The summed E-state index contributed by atoms with van der Waals surface area (Å²) in [6.07, 6.45) is 0.600. The first-order valence-corrected chi connectivity index (χ1v) is 4.72. The van der Waals surface area contributed by atoms with Gasteiger partial charge in [0.25, 0.3) is 0 Å². The van der Waals surface area contributed by atoms with Gasteiger partial charge >= 0.3 is 6.09 Å². The summed E-state index contributed by atoms with van der Waals surface area (Å²) in [6.45, 7) is 5.50. The van der Waals surface area contributed by atoms with Gasteiger partial charge in [0.05, 0.1) is 12.8 Å². The minimum absolute atomic E-state index is 0.0859. The Kier molecular flexibility index (Phi) is 5.76. The molecule has 0 N–H and O–H groups in total. The van der Waals surface area contributed by atoms with Crippen LogP contribution in [-0.2, 0) is 9.53 Å². The third kappa shape index (κ3) is 4.16. The average Bonchev–Trinajstić information content (AvgIpc) is 2.15. The van der Waals surface area contributed by atoms with Crippen LogP contribution in [-0.4, -0.2) is 24.7 Å². The summed E-state index contributed by atoms with van der Waals surface area (Å²) in [7, 11) is 1.25. The van der Waals surface area contributed by atoms with Crippen molar-refractivity contribution in [2.45, 2.75) is 33.6 Å². The highest BCUT2D eigenvalue weighted by molar-refractivity contribution is 6.41. The second-order valence-electron chi connectivity index (χ2n) is 3.30. The van der Waals surface area contributed by atoms with Crippen LogP contribution in [0.5, 0.6) is 0 Å².